The third kappa shape index (κ3) is 10.5. The van der Waals surface area contributed by atoms with Gasteiger partial charge in [0, 0.05) is 45.3 Å². The molecule has 0 saturated carbocycles. The molecule has 2 aromatic heterocycles. The number of benzene rings is 6. The molecule has 2 heterocycles. The summed E-state index contributed by atoms with van der Waals surface area (Å²) in [4.78, 5) is 9.80. The quantitative estimate of drug-likeness (QED) is 0.147. The molecule has 69 heavy (non-hydrogen) atoms. The van der Waals surface area contributed by atoms with Gasteiger partial charge in [-0.25, -0.2) is 4.98 Å². The summed E-state index contributed by atoms with van der Waals surface area (Å²) in [6.45, 7) is 17.6. The van der Waals surface area contributed by atoms with Crippen LogP contribution in [-0.2, 0) is 37.3 Å². The Hall–Kier alpha value is -5.57. The number of nitrogens with zero attached hydrogens (tertiary/aromatic N) is 3. The number of para-hydroxylation sites is 1. The van der Waals surface area contributed by atoms with Gasteiger partial charge >= 0.3 is 0 Å². The van der Waals surface area contributed by atoms with Gasteiger partial charge < -0.3 is 5.11 Å². The van der Waals surface area contributed by atoms with Gasteiger partial charge in [0.25, 0.3) is 0 Å². The Kier molecular flexibility index (Phi) is 9.48. The van der Waals surface area contributed by atoms with Crippen LogP contribution in [-0.4, -0.2) is 19.6 Å². The van der Waals surface area contributed by atoms with Crippen LogP contribution in [0.5, 0.6) is 5.75 Å². The molecule has 4 nitrogen and oxygen atoms in total. The molecule has 5 heteroatoms. The predicted octanol–water partition coefficient (Wildman–Crippen LogP) is 17.8. The number of rotatable bonds is 9. The summed E-state index contributed by atoms with van der Waals surface area (Å²) in [6.07, 6.45) is -0.696. The first-order chi connectivity index (χ1) is 38.4. The van der Waals surface area contributed by atoms with E-state index in [9.17, 15) is 10.6 Å². The van der Waals surface area contributed by atoms with Gasteiger partial charge in [0.15, 0.2) is 0 Å². The van der Waals surface area contributed by atoms with E-state index in [4.69, 9.17) is 21.4 Å². The van der Waals surface area contributed by atoms with E-state index in [2.05, 4.69) is 84.6 Å². The van der Waals surface area contributed by atoms with E-state index in [0.717, 1.165) is 22.3 Å². The third-order valence-corrected chi connectivity index (χ3v) is 12.7. The minimum Gasteiger partial charge on any atom is -0.507 e. The predicted molar refractivity (Wildman–Crippen MR) is 290 cm³/mol. The zero-order chi connectivity index (χ0) is 62.8. The average molecular weight is 1110 g/mol. The van der Waals surface area contributed by atoms with Gasteiger partial charge in [-0.2, -0.15) is 0 Å². The molecule has 0 radical (unpaired) electrons. The van der Waals surface area contributed by atoms with Crippen molar-refractivity contribution < 1.29 is 48.1 Å². The second kappa shape index (κ2) is 19.3. The van der Waals surface area contributed by atoms with Crippen LogP contribution in [0.2, 0.25) is 0 Å². The average Bonchev–Trinajstić information content (AvgIpc) is 1.86. The van der Waals surface area contributed by atoms with Crippen molar-refractivity contribution in [2.75, 3.05) is 0 Å². The van der Waals surface area contributed by atoms with Crippen LogP contribution in [0.15, 0.2) is 121 Å². The van der Waals surface area contributed by atoms with Gasteiger partial charge in [0.2, 0.25) is 0 Å². The minimum atomic E-state index is -3.27. The summed E-state index contributed by atoms with van der Waals surface area (Å²) in [6, 6.07) is 23.1. The zero-order valence-corrected chi connectivity index (χ0v) is 44.1. The Morgan fingerprint density at radius 3 is 1.88 bits per heavy atom. The van der Waals surface area contributed by atoms with Gasteiger partial charge in [-0.1, -0.05) is 188 Å². The van der Waals surface area contributed by atoms with Crippen molar-refractivity contribution in [3.63, 3.8) is 0 Å². The van der Waals surface area contributed by atoms with Crippen molar-refractivity contribution in [3.05, 3.63) is 166 Å². The summed E-state index contributed by atoms with van der Waals surface area (Å²) >= 11 is 0. The molecule has 8 aromatic rings. The molecular formula is C64H72N3OPt-. The Balaban J connectivity index is 0.0000104. The number of aromatic hydroxyl groups is 1. The first kappa shape index (κ1) is 33.9. The number of imidazole rings is 1. The van der Waals surface area contributed by atoms with E-state index >= 15 is 0 Å². The fraction of sp³-hybridized carbons (Fsp3) is 0.344. The largest absolute Gasteiger partial charge is 0.507 e. The van der Waals surface area contributed by atoms with Crippen LogP contribution in [0.3, 0.4) is 0 Å². The SMILES string of the molecule is [2H]c1nc(-c2[c-]c(-c3cccc4c3nc(-c3cc(C(C)C)cc(C(C)C)c3O)n4-c3ccc(-c4cc(C(C)(C)C)cc(C(C)(C)C)c4)cc3C([2H])([2H])[2H])cc(C(C)(C)C)c2)c([2H])c(-c2c([2H])c([2H])c(C(C([2H])([2H])[2H])C([2H])([2H])[2H])c([2H])c2[2H])c1[2H].[Pt]. The molecule has 0 unspecified atom stereocenters. The molecule has 1 N–H and O–H groups in total. The Bertz CT molecular complexity index is 3850. The van der Waals surface area contributed by atoms with Crippen LogP contribution in [0.25, 0.3) is 72.7 Å². The van der Waals surface area contributed by atoms with Crippen LogP contribution in [0, 0.1) is 12.9 Å². The number of aryl methyl sites for hydroxylation is 1. The van der Waals surface area contributed by atoms with Crippen molar-refractivity contribution >= 4 is 11.0 Å². The van der Waals surface area contributed by atoms with E-state index in [1.165, 1.54) is 0 Å². The van der Waals surface area contributed by atoms with Crippen LogP contribution >= 0.6 is 0 Å². The number of fused-ring (bicyclic) bond motifs is 1. The van der Waals surface area contributed by atoms with Crippen molar-refractivity contribution in [1.82, 2.24) is 14.5 Å². The number of aromatic nitrogens is 3. The molecule has 0 aliphatic rings. The fourth-order valence-corrected chi connectivity index (χ4v) is 8.37. The molecular weight excluding hydrogens is 1020 g/mol. The van der Waals surface area contributed by atoms with Crippen molar-refractivity contribution in [2.24, 2.45) is 0 Å². The van der Waals surface area contributed by atoms with Crippen molar-refractivity contribution in [1.29, 1.82) is 0 Å². The fourth-order valence-electron chi connectivity index (χ4n) is 8.37. The molecule has 0 amide bonds. The van der Waals surface area contributed by atoms with E-state index in [1.807, 2.05) is 71.0 Å². The number of hydrogen-bond donors (Lipinski definition) is 1. The maximum atomic E-state index is 12.4. The standard InChI is InChI=1S/C64H72N3O.Pt/c1-38(2)42-20-22-43(23-21-42)45-26-27-65-56(36-45)49-29-48(32-50(33-49)62(8,9)10)53-18-17-19-58-59(53)66-61(55-35-46(39(3)4)34-54(40(5)6)60(55)68)67(58)57-25-24-44(28-41(57)7)47-30-51(63(11,12)13)37-52(31-47)64(14,15)16;/h17-28,30-40,68H,1-16H3;/q-1;/i1D3,2D3,7D3,20D,21D,22D,23D,26D,27D,36D;. The summed E-state index contributed by atoms with van der Waals surface area (Å²) in [5, 5.41) is 12.4. The number of pyridine rings is 1. The molecule has 0 aliphatic heterocycles. The normalized spacial score (nSPS) is 16.3. The van der Waals surface area contributed by atoms with E-state index in [1.54, 1.807) is 28.8 Å². The van der Waals surface area contributed by atoms with Gasteiger partial charge in [0.1, 0.15) is 11.6 Å². The molecule has 0 aliphatic carbocycles. The summed E-state index contributed by atoms with van der Waals surface area (Å²) in [5.74, 6) is -2.26. The van der Waals surface area contributed by atoms with Gasteiger partial charge in [0.05, 0.1) is 31.9 Å². The number of phenols is 1. The van der Waals surface area contributed by atoms with Crippen LogP contribution < -0.4 is 0 Å². The second-order valence-electron chi connectivity index (χ2n) is 21.7. The van der Waals surface area contributed by atoms with Crippen LogP contribution in [0.1, 0.15) is 182 Å². The Labute approximate surface area is 450 Å². The van der Waals surface area contributed by atoms with Crippen molar-refractivity contribution in [3.8, 4) is 67.5 Å². The molecule has 0 fully saturated rings. The summed E-state index contributed by atoms with van der Waals surface area (Å²) in [5.41, 5.74) is 5.38. The smallest absolute Gasteiger partial charge is 0.148 e. The van der Waals surface area contributed by atoms with E-state index in [0.29, 0.717) is 50.1 Å². The second-order valence-corrected chi connectivity index (χ2v) is 21.7. The monoisotopic (exact) mass is 1110 g/mol. The van der Waals surface area contributed by atoms with Crippen LogP contribution in [0.4, 0.5) is 0 Å². The molecule has 0 bridgehead atoms. The zero-order valence-electron chi connectivity index (χ0n) is 57.8. The topological polar surface area (TPSA) is 50.9 Å². The first-order valence-corrected chi connectivity index (χ1v) is 23.3. The summed E-state index contributed by atoms with van der Waals surface area (Å²) in [7, 11) is 0. The third-order valence-electron chi connectivity index (χ3n) is 12.7. The van der Waals surface area contributed by atoms with Crippen molar-refractivity contribution in [2.45, 2.75) is 145 Å². The molecule has 8 rings (SSSR count). The van der Waals surface area contributed by atoms with Gasteiger partial charge in [-0.05, 0) is 127 Å². The Morgan fingerprint density at radius 1 is 0.623 bits per heavy atom. The molecule has 0 saturated heterocycles. The number of hydrogen-bond acceptors (Lipinski definition) is 3. The van der Waals surface area contributed by atoms with Gasteiger partial charge in [-0.3, -0.25) is 9.55 Å². The maximum absolute atomic E-state index is 12.4. The van der Waals surface area contributed by atoms with Gasteiger partial charge in [-0.15, -0.1) is 29.3 Å². The Morgan fingerprint density at radius 2 is 1.28 bits per heavy atom. The number of phenolic OH excluding ortho intramolecular Hbond substituents is 1. The molecule has 0 spiro atoms. The van der Waals surface area contributed by atoms with E-state index in [-0.39, 0.29) is 72.1 Å². The molecule has 0 atom stereocenters. The first-order valence-electron chi connectivity index (χ1n) is 31.3. The summed E-state index contributed by atoms with van der Waals surface area (Å²) < 4.78 is 141. The van der Waals surface area contributed by atoms with E-state index < -0.39 is 91.0 Å². The molecule has 360 valence electrons. The maximum Gasteiger partial charge on any atom is 0.148 e. The molecule has 6 aromatic carbocycles. The minimum absolute atomic E-state index is 0.